The highest BCUT2D eigenvalue weighted by Gasteiger charge is 2.12. The number of hydrogen-bond acceptors (Lipinski definition) is 3. The number of halogens is 1. The van der Waals surface area contributed by atoms with E-state index in [1.807, 2.05) is 36.6 Å². The van der Waals surface area contributed by atoms with E-state index in [4.69, 9.17) is 11.6 Å². The molecule has 1 unspecified atom stereocenters. The van der Waals surface area contributed by atoms with Crippen LogP contribution in [0.1, 0.15) is 42.1 Å². The zero-order valence-electron chi connectivity index (χ0n) is 12.7. The van der Waals surface area contributed by atoms with Crippen molar-refractivity contribution in [3.05, 3.63) is 57.0 Å². The van der Waals surface area contributed by atoms with Crippen molar-refractivity contribution >= 4 is 34.9 Å². The van der Waals surface area contributed by atoms with Crippen molar-refractivity contribution < 1.29 is 4.79 Å². The molecule has 1 atom stereocenters. The van der Waals surface area contributed by atoms with Gasteiger partial charge in [-0.25, -0.2) is 4.98 Å². The van der Waals surface area contributed by atoms with Gasteiger partial charge >= 0.3 is 0 Å². The van der Waals surface area contributed by atoms with Gasteiger partial charge in [0, 0.05) is 22.2 Å². The Bertz CT molecular complexity index is 649. The normalized spacial score (nSPS) is 12.5. The van der Waals surface area contributed by atoms with Gasteiger partial charge in [0.2, 0.25) is 5.91 Å². The van der Waals surface area contributed by atoms with Gasteiger partial charge in [0.25, 0.3) is 0 Å². The molecule has 116 valence electrons. The first-order valence-electron chi connectivity index (χ1n) is 7.24. The van der Waals surface area contributed by atoms with Crippen molar-refractivity contribution in [2.24, 2.45) is 0 Å². The van der Waals surface area contributed by atoms with E-state index in [0.29, 0.717) is 5.02 Å². The number of amides is 1. The van der Waals surface area contributed by atoms with E-state index in [1.165, 1.54) is 17.4 Å². The fourth-order valence-corrected chi connectivity index (χ4v) is 2.93. The maximum atomic E-state index is 12.1. The standard InChI is InChI=1S/C17H19ClN2OS/c1-3-4-15(13-5-7-14(18)8-6-13)20-16(21)9-10-17-19-12(2)11-22-17/h5-11,15H,3-4H2,1-2H3,(H,20,21)/b10-9+. The monoisotopic (exact) mass is 334 g/mol. The summed E-state index contributed by atoms with van der Waals surface area (Å²) in [5.74, 6) is -0.110. The van der Waals surface area contributed by atoms with Crippen LogP contribution in [0.4, 0.5) is 0 Å². The Balaban J connectivity index is 2.02. The van der Waals surface area contributed by atoms with E-state index >= 15 is 0 Å². The number of benzene rings is 1. The largest absolute Gasteiger partial charge is 0.346 e. The number of aryl methyl sites for hydroxylation is 1. The molecule has 0 aliphatic heterocycles. The van der Waals surface area contributed by atoms with E-state index in [0.717, 1.165) is 29.1 Å². The number of aromatic nitrogens is 1. The van der Waals surface area contributed by atoms with E-state index in [1.54, 1.807) is 6.08 Å². The van der Waals surface area contributed by atoms with Crippen molar-refractivity contribution in [2.75, 3.05) is 0 Å². The molecule has 5 heteroatoms. The number of rotatable bonds is 6. The van der Waals surface area contributed by atoms with Crippen LogP contribution in [-0.4, -0.2) is 10.9 Å². The van der Waals surface area contributed by atoms with E-state index in [2.05, 4.69) is 17.2 Å². The van der Waals surface area contributed by atoms with Gasteiger partial charge in [-0.05, 0) is 37.1 Å². The summed E-state index contributed by atoms with van der Waals surface area (Å²) in [6.07, 6.45) is 5.16. The minimum atomic E-state index is -0.110. The molecule has 0 aliphatic rings. The van der Waals surface area contributed by atoms with Gasteiger partial charge < -0.3 is 5.32 Å². The number of nitrogens with one attached hydrogen (secondary N) is 1. The quantitative estimate of drug-likeness (QED) is 0.773. The second-order valence-corrected chi connectivity index (χ2v) is 6.39. The molecule has 0 spiro atoms. The summed E-state index contributed by atoms with van der Waals surface area (Å²) >= 11 is 7.44. The SMILES string of the molecule is CCCC(NC(=O)/C=C/c1nc(C)cs1)c1ccc(Cl)cc1. The van der Waals surface area contributed by atoms with Gasteiger partial charge in [0.05, 0.1) is 6.04 Å². The van der Waals surface area contributed by atoms with Crippen molar-refractivity contribution in [3.63, 3.8) is 0 Å². The summed E-state index contributed by atoms with van der Waals surface area (Å²) in [5.41, 5.74) is 2.04. The molecule has 22 heavy (non-hydrogen) atoms. The topological polar surface area (TPSA) is 42.0 Å². The Kier molecular flexibility index (Phi) is 6.16. The highest BCUT2D eigenvalue weighted by molar-refractivity contribution is 7.10. The summed E-state index contributed by atoms with van der Waals surface area (Å²) in [4.78, 5) is 16.4. The lowest BCUT2D eigenvalue weighted by atomic mass is 10.0. The summed E-state index contributed by atoms with van der Waals surface area (Å²) in [6.45, 7) is 4.04. The van der Waals surface area contributed by atoms with Crippen molar-refractivity contribution in [1.82, 2.24) is 10.3 Å². The van der Waals surface area contributed by atoms with Gasteiger partial charge in [-0.2, -0.15) is 0 Å². The summed E-state index contributed by atoms with van der Waals surface area (Å²) in [7, 11) is 0. The number of carbonyl (C=O) groups excluding carboxylic acids is 1. The van der Waals surface area contributed by atoms with Crippen LogP contribution in [-0.2, 0) is 4.79 Å². The lowest BCUT2D eigenvalue weighted by molar-refractivity contribution is -0.117. The molecule has 1 aromatic heterocycles. The average Bonchev–Trinajstić information content (AvgIpc) is 2.91. The van der Waals surface area contributed by atoms with Crippen LogP contribution < -0.4 is 5.32 Å². The van der Waals surface area contributed by atoms with Crippen molar-refractivity contribution in [3.8, 4) is 0 Å². The zero-order valence-corrected chi connectivity index (χ0v) is 14.2. The highest BCUT2D eigenvalue weighted by Crippen LogP contribution is 2.20. The second-order valence-electron chi connectivity index (χ2n) is 5.06. The predicted molar refractivity (Wildman–Crippen MR) is 93.1 cm³/mol. The molecule has 1 amide bonds. The van der Waals surface area contributed by atoms with Gasteiger partial charge in [-0.3, -0.25) is 4.79 Å². The Morgan fingerprint density at radius 1 is 1.41 bits per heavy atom. The molecule has 0 bridgehead atoms. The van der Waals surface area contributed by atoms with E-state index in [9.17, 15) is 4.79 Å². The molecule has 1 N–H and O–H groups in total. The third kappa shape index (κ3) is 4.97. The molecule has 0 saturated heterocycles. The number of thiazole rings is 1. The third-order valence-corrected chi connectivity index (χ3v) is 4.36. The lowest BCUT2D eigenvalue weighted by Crippen LogP contribution is -2.26. The van der Waals surface area contributed by atoms with Crippen LogP contribution >= 0.6 is 22.9 Å². The molecule has 0 fully saturated rings. The first-order valence-corrected chi connectivity index (χ1v) is 8.50. The van der Waals surface area contributed by atoms with E-state index < -0.39 is 0 Å². The van der Waals surface area contributed by atoms with E-state index in [-0.39, 0.29) is 11.9 Å². The number of nitrogens with zero attached hydrogens (tertiary/aromatic N) is 1. The number of hydrogen-bond donors (Lipinski definition) is 1. The molecule has 2 rings (SSSR count). The smallest absolute Gasteiger partial charge is 0.244 e. The number of carbonyl (C=O) groups is 1. The van der Waals surface area contributed by atoms with Crippen LogP contribution in [0.3, 0.4) is 0 Å². The van der Waals surface area contributed by atoms with Crippen molar-refractivity contribution in [2.45, 2.75) is 32.7 Å². The Morgan fingerprint density at radius 2 is 2.14 bits per heavy atom. The molecule has 0 aliphatic carbocycles. The van der Waals surface area contributed by atoms with Crippen LogP contribution in [0, 0.1) is 6.92 Å². The third-order valence-electron chi connectivity index (χ3n) is 3.18. The van der Waals surface area contributed by atoms with Gasteiger partial charge in [-0.1, -0.05) is 37.1 Å². The van der Waals surface area contributed by atoms with Gasteiger partial charge in [0.1, 0.15) is 5.01 Å². The first-order chi connectivity index (χ1) is 10.6. The molecule has 0 radical (unpaired) electrons. The molecular formula is C17H19ClN2OS. The van der Waals surface area contributed by atoms with Gasteiger partial charge in [0.15, 0.2) is 0 Å². The van der Waals surface area contributed by atoms with Crippen LogP contribution in [0.5, 0.6) is 0 Å². The maximum Gasteiger partial charge on any atom is 0.244 e. The molecular weight excluding hydrogens is 316 g/mol. The molecule has 3 nitrogen and oxygen atoms in total. The van der Waals surface area contributed by atoms with Gasteiger partial charge in [-0.15, -0.1) is 11.3 Å². The minimum Gasteiger partial charge on any atom is -0.346 e. The first kappa shape index (κ1) is 16.7. The second kappa shape index (κ2) is 8.11. The molecule has 0 saturated carbocycles. The molecule has 2 aromatic rings. The average molecular weight is 335 g/mol. The van der Waals surface area contributed by atoms with Crippen LogP contribution in [0.25, 0.3) is 6.08 Å². The highest BCUT2D eigenvalue weighted by atomic mass is 35.5. The minimum absolute atomic E-state index is 0.00236. The van der Waals surface area contributed by atoms with Crippen molar-refractivity contribution in [1.29, 1.82) is 0 Å². The maximum absolute atomic E-state index is 12.1. The zero-order chi connectivity index (χ0) is 15.9. The van der Waals surface area contributed by atoms with Crippen LogP contribution in [0.15, 0.2) is 35.7 Å². The Hall–Kier alpha value is -1.65. The lowest BCUT2D eigenvalue weighted by Gasteiger charge is -2.17. The summed E-state index contributed by atoms with van der Waals surface area (Å²) in [5, 5.41) is 6.54. The fourth-order valence-electron chi connectivity index (χ4n) is 2.12. The van der Waals surface area contributed by atoms with Crippen LogP contribution in [0.2, 0.25) is 5.02 Å². The molecule has 1 heterocycles. The predicted octanol–water partition coefficient (Wildman–Crippen LogP) is 4.78. The molecule has 1 aromatic carbocycles. The Morgan fingerprint density at radius 3 is 2.73 bits per heavy atom. The summed E-state index contributed by atoms with van der Waals surface area (Å²) < 4.78 is 0. The fraction of sp³-hybridized carbons (Fsp3) is 0.294. The Labute approximate surface area is 140 Å². The summed E-state index contributed by atoms with van der Waals surface area (Å²) in [6, 6.07) is 7.60.